The summed E-state index contributed by atoms with van der Waals surface area (Å²) in [6.07, 6.45) is 1.11. The molecule has 0 saturated carbocycles. The highest BCUT2D eigenvalue weighted by Gasteiger charge is 2.29. The van der Waals surface area contributed by atoms with E-state index in [-0.39, 0.29) is 0 Å². The third-order valence-corrected chi connectivity index (χ3v) is 3.50. The molecule has 0 amide bonds. The first-order chi connectivity index (χ1) is 7.84. The lowest BCUT2D eigenvalue weighted by molar-refractivity contribution is 0.298. The summed E-state index contributed by atoms with van der Waals surface area (Å²) in [6, 6.07) is 9.53. The number of fused-ring (bicyclic) bond motifs is 3. The molecule has 0 aromatic heterocycles. The maximum Gasteiger partial charge on any atom is 0.142 e. The Hall–Kier alpha value is -1.22. The second-order valence-corrected chi connectivity index (χ2v) is 4.72. The zero-order valence-corrected chi connectivity index (χ0v) is 9.65. The number of hydrogen-bond acceptors (Lipinski definition) is 3. The van der Waals surface area contributed by atoms with E-state index in [1.165, 1.54) is 5.69 Å². The van der Waals surface area contributed by atoms with E-state index in [2.05, 4.69) is 35.3 Å². The van der Waals surface area contributed by atoms with Crippen LogP contribution in [0.15, 0.2) is 24.3 Å². The van der Waals surface area contributed by atoms with Crippen molar-refractivity contribution < 1.29 is 4.74 Å². The lowest BCUT2D eigenvalue weighted by Gasteiger charge is -2.39. The van der Waals surface area contributed by atoms with E-state index >= 15 is 0 Å². The Kier molecular flexibility index (Phi) is 2.48. The Morgan fingerprint density at radius 3 is 3.19 bits per heavy atom. The molecule has 2 aliphatic heterocycles. The zero-order chi connectivity index (χ0) is 11.0. The van der Waals surface area contributed by atoms with Crippen LogP contribution >= 0.6 is 0 Å². The van der Waals surface area contributed by atoms with Crippen LogP contribution in [0.5, 0.6) is 5.75 Å². The Morgan fingerprint density at radius 1 is 1.38 bits per heavy atom. The molecule has 16 heavy (non-hydrogen) atoms. The number of nitrogens with zero attached hydrogens (tertiary/aromatic N) is 1. The predicted octanol–water partition coefficient (Wildman–Crippen LogP) is 1.64. The molecular formula is C13H18N2O. The van der Waals surface area contributed by atoms with Crippen LogP contribution in [0.25, 0.3) is 0 Å². The first-order valence-corrected chi connectivity index (χ1v) is 6.06. The van der Waals surface area contributed by atoms with Crippen molar-refractivity contribution in [3.63, 3.8) is 0 Å². The predicted molar refractivity (Wildman–Crippen MR) is 65.2 cm³/mol. The normalized spacial score (nSPS) is 28.7. The van der Waals surface area contributed by atoms with Gasteiger partial charge < -0.3 is 15.0 Å². The Balaban J connectivity index is 1.97. The summed E-state index contributed by atoms with van der Waals surface area (Å²) in [4.78, 5) is 2.50. The van der Waals surface area contributed by atoms with Crippen molar-refractivity contribution in [2.45, 2.75) is 25.4 Å². The van der Waals surface area contributed by atoms with Gasteiger partial charge in [0.15, 0.2) is 0 Å². The molecule has 1 aromatic rings. The smallest absolute Gasteiger partial charge is 0.142 e. The van der Waals surface area contributed by atoms with Crippen LogP contribution in [-0.4, -0.2) is 31.8 Å². The summed E-state index contributed by atoms with van der Waals surface area (Å²) in [5.74, 6) is 1.04. The van der Waals surface area contributed by atoms with Crippen LogP contribution in [-0.2, 0) is 0 Å². The van der Waals surface area contributed by atoms with Crippen LogP contribution < -0.4 is 15.0 Å². The summed E-state index contributed by atoms with van der Waals surface area (Å²) >= 11 is 0. The third kappa shape index (κ3) is 1.65. The largest absolute Gasteiger partial charge is 0.491 e. The molecule has 2 heterocycles. The number of benzene rings is 1. The first-order valence-electron chi connectivity index (χ1n) is 6.06. The minimum absolute atomic E-state index is 0.558. The van der Waals surface area contributed by atoms with Gasteiger partial charge in [-0.3, -0.25) is 0 Å². The molecule has 3 nitrogen and oxygen atoms in total. The molecule has 0 radical (unpaired) electrons. The highest BCUT2D eigenvalue weighted by Crippen LogP contribution is 2.33. The number of anilines is 1. The lowest BCUT2D eigenvalue weighted by Crippen LogP contribution is -2.55. The summed E-state index contributed by atoms with van der Waals surface area (Å²) in [6.45, 7) is 5.21. The van der Waals surface area contributed by atoms with E-state index < -0.39 is 0 Å². The van der Waals surface area contributed by atoms with Gasteiger partial charge in [0.25, 0.3) is 0 Å². The molecule has 1 saturated heterocycles. The van der Waals surface area contributed by atoms with Crippen molar-refractivity contribution in [2.75, 3.05) is 24.6 Å². The van der Waals surface area contributed by atoms with Gasteiger partial charge in [-0.05, 0) is 19.1 Å². The molecule has 0 spiro atoms. The lowest BCUT2D eigenvalue weighted by atomic mass is 10.1. The first kappa shape index (κ1) is 9.97. The summed E-state index contributed by atoms with van der Waals surface area (Å²) in [7, 11) is 0. The second kappa shape index (κ2) is 3.98. The Bertz CT molecular complexity index is 378. The van der Waals surface area contributed by atoms with Crippen molar-refractivity contribution >= 4 is 5.69 Å². The SMILES string of the molecule is C[C@@H]1CN2c3ccccc3OCC[C@H]2CN1. The number of nitrogens with one attached hydrogen (secondary N) is 1. The molecule has 3 heteroatoms. The monoisotopic (exact) mass is 218 g/mol. The molecule has 1 aromatic carbocycles. The number of ether oxygens (including phenoxy) is 1. The summed E-state index contributed by atoms with van der Waals surface area (Å²) in [5, 5.41) is 3.54. The van der Waals surface area contributed by atoms with Gasteiger partial charge in [0.2, 0.25) is 0 Å². The standard InChI is InChI=1S/C13H18N2O/c1-10-9-15-11(8-14-10)6-7-16-13-5-3-2-4-12(13)15/h2-5,10-11,14H,6-9H2,1H3/t10-,11+/m1/s1. The molecule has 0 bridgehead atoms. The van der Waals surface area contributed by atoms with Gasteiger partial charge in [-0.2, -0.15) is 0 Å². The molecule has 1 N–H and O–H groups in total. The van der Waals surface area contributed by atoms with Gasteiger partial charge in [0.05, 0.1) is 12.3 Å². The summed E-state index contributed by atoms with van der Waals surface area (Å²) in [5.41, 5.74) is 1.26. The molecule has 2 atom stereocenters. The third-order valence-electron chi connectivity index (χ3n) is 3.50. The minimum atomic E-state index is 0.558. The Morgan fingerprint density at radius 2 is 2.25 bits per heavy atom. The van der Waals surface area contributed by atoms with Crippen LogP contribution in [0.3, 0.4) is 0 Å². The molecule has 1 fully saturated rings. The molecule has 2 aliphatic rings. The van der Waals surface area contributed by atoms with Gasteiger partial charge in [0.1, 0.15) is 5.75 Å². The zero-order valence-electron chi connectivity index (χ0n) is 9.65. The van der Waals surface area contributed by atoms with E-state index in [0.29, 0.717) is 12.1 Å². The van der Waals surface area contributed by atoms with E-state index in [1.54, 1.807) is 0 Å². The number of para-hydroxylation sites is 2. The van der Waals surface area contributed by atoms with Crippen LogP contribution in [0.4, 0.5) is 5.69 Å². The molecule has 0 unspecified atom stereocenters. The molecule has 0 aliphatic carbocycles. The van der Waals surface area contributed by atoms with Crippen molar-refractivity contribution in [3.05, 3.63) is 24.3 Å². The van der Waals surface area contributed by atoms with Crippen molar-refractivity contribution in [1.29, 1.82) is 0 Å². The maximum atomic E-state index is 5.81. The van der Waals surface area contributed by atoms with Gasteiger partial charge in [-0.25, -0.2) is 0 Å². The molecular weight excluding hydrogens is 200 g/mol. The van der Waals surface area contributed by atoms with Gasteiger partial charge >= 0.3 is 0 Å². The maximum absolute atomic E-state index is 5.81. The topological polar surface area (TPSA) is 24.5 Å². The van der Waals surface area contributed by atoms with Crippen molar-refractivity contribution in [3.8, 4) is 5.75 Å². The molecule has 3 rings (SSSR count). The van der Waals surface area contributed by atoms with Crippen LogP contribution in [0, 0.1) is 0 Å². The van der Waals surface area contributed by atoms with Crippen molar-refractivity contribution in [1.82, 2.24) is 5.32 Å². The summed E-state index contributed by atoms with van der Waals surface area (Å²) < 4.78 is 5.81. The fraction of sp³-hybridized carbons (Fsp3) is 0.538. The van der Waals surface area contributed by atoms with Crippen LogP contribution in [0.1, 0.15) is 13.3 Å². The van der Waals surface area contributed by atoms with E-state index in [9.17, 15) is 0 Å². The van der Waals surface area contributed by atoms with Crippen LogP contribution in [0.2, 0.25) is 0 Å². The average Bonchev–Trinajstić information content (AvgIpc) is 2.48. The van der Waals surface area contributed by atoms with Gasteiger partial charge in [0, 0.05) is 31.6 Å². The minimum Gasteiger partial charge on any atom is -0.491 e. The number of rotatable bonds is 0. The van der Waals surface area contributed by atoms with Gasteiger partial charge in [-0.1, -0.05) is 12.1 Å². The quantitative estimate of drug-likeness (QED) is 0.716. The number of piperazine rings is 1. The van der Waals surface area contributed by atoms with E-state index in [1.807, 2.05) is 6.07 Å². The van der Waals surface area contributed by atoms with Crippen molar-refractivity contribution in [2.24, 2.45) is 0 Å². The fourth-order valence-electron chi connectivity index (χ4n) is 2.63. The fourth-order valence-corrected chi connectivity index (χ4v) is 2.63. The highest BCUT2D eigenvalue weighted by atomic mass is 16.5. The highest BCUT2D eigenvalue weighted by molar-refractivity contribution is 5.60. The van der Waals surface area contributed by atoms with E-state index in [0.717, 1.165) is 31.9 Å². The second-order valence-electron chi connectivity index (χ2n) is 4.72. The van der Waals surface area contributed by atoms with Gasteiger partial charge in [-0.15, -0.1) is 0 Å². The van der Waals surface area contributed by atoms with E-state index in [4.69, 9.17) is 4.74 Å². The Labute approximate surface area is 96.4 Å². The molecule has 86 valence electrons. The number of hydrogen-bond donors (Lipinski definition) is 1. The average molecular weight is 218 g/mol.